The molecule has 0 saturated carbocycles. The van der Waals surface area contributed by atoms with Gasteiger partial charge in [-0.1, -0.05) is 30.3 Å². The molecule has 0 aliphatic heterocycles. The molecule has 20 heavy (non-hydrogen) atoms. The van der Waals surface area contributed by atoms with Gasteiger partial charge in [-0.05, 0) is 0 Å². The van der Waals surface area contributed by atoms with E-state index in [-0.39, 0.29) is 11.2 Å². The molecule has 0 radical (unpaired) electrons. The maximum absolute atomic E-state index is 12.0. The van der Waals surface area contributed by atoms with Crippen LogP contribution in [0.3, 0.4) is 0 Å². The van der Waals surface area contributed by atoms with Gasteiger partial charge in [-0.3, -0.25) is 14.3 Å². The highest BCUT2D eigenvalue weighted by molar-refractivity contribution is 5.68. The zero-order chi connectivity index (χ0) is 14.3. The summed E-state index contributed by atoms with van der Waals surface area (Å²) in [4.78, 5) is 30.1. The second kappa shape index (κ2) is 4.30. The minimum absolute atomic E-state index is 0.0190. The van der Waals surface area contributed by atoms with Crippen molar-refractivity contribution < 1.29 is 4.73 Å². The van der Waals surface area contributed by atoms with Crippen LogP contribution in [0.2, 0.25) is 0 Å². The Bertz CT molecular complexity index is 913. The van der Waals surface area contributed by atoms with E-state index in [9.17, 15) is 14.8 Å². The summed E-state index contributed by atoms with van der Waals surface area (Å²) in [5.41, 5.74) is -0.384. The third kappa shape index (κ3) is 1.76. The van der Waals surface area contributed by atoms with Crippen LogP contribution in [0.5, 0.6) is 0 Å². The molecule has 100 valence electrons. The molecule has 0 saturated heterocycles. The fourth-order valence-electron chi connectivity index (χ4n) is 1.95. The highest BCUT2D eigenvalue weighted by Gasteiger charge is 2.17. The van der Waals surface area contributed by atoms with Crippen LogP contribution in [-0.4, -0.2) is 14.5 Å². The van der Waals surface area contributed by atoms with Gasteiger partial charge in [0.05, 0.1) is 0 Å². The maximum atomic E-state index is 12.0. The van der Waals surface area contributed by atoms with Crippen LogP contribution in [0.15, 0.2) is 46.1 Å². The Balaban J connectivity index is 2.39. The van der Waals surface area contributed by atoms with E-state index in [0.29, 0.717) is 10.4 Å². The molecule has 1 aromatic carbocycles. The van der Waals surface area contributed by atoms with Crippen LogP contribution in [0.4, 0.5) is 0 Å². The molecular weight excluding hydrogens is 260 g/mol. The Kier molecular flexibility index (Phi) is 2.60. The summed E-state index contributed by atoms with van der Waals surface area (Å²) < 4.78 is 1.27. The minimum Gasteiger partial charge on any atom is -0.618 e. The van der Waals surface area contributed by atoms with Crippen LogP contribution in [0.1, 0.15) is 0 Å². The van der Waals surface area contributed by atoms with Crippen molar-refractivity contribution in [1.29, 1.82) is 0 Å². The fourth-order valence-corrected chi connectivity index (χ4v) is 1.95. The predicted molar refractivity (Wildman–Crippen MR) is 72.0 cm³/mol. The molecule has 0 aliphatic rings. The molecule has 7 nitrogen and oxygen atoms in total. The molecule has 0 fully saturated rings. The lowest BCUT2D eigenvalue weighted by Gasteiger charge is -2.05. The zero-order valence-corrected chi connectivity index (χ0v) is 10.5. The zero-order valence-electron chi connectivity index (χ0n) is 10.5. The van der Waals surface area contributed by atoms with Crippen LogP contribution >= 0.6 is 0 Å². The summed E-state index contributed by atoms with van der Waals surface area (Å²) in [5.74, 6) is 0. The Labute approximate surface area is 112 Å². The van der Waals surface area contributed by atoms with Crippen molar-refractivity contribution in [3.63, 3.8) is 0 Å². The highest BCUT2D eigenvalue weighted by Crippen LogP contribution is 2.15. The maximum Gasteiger partial charge on any atom is 0.331 e. The Morgan fingerprint density at radius 1 is 1.25 bits per heavy atom. The van der Waals surface area contributed by atoms with E-state index >= 15 is 0 Å². The van der Waals surface area contributed by atoms with Crippen molar-refractivity contribution in [2.75, 3.05) is 0 Å². The van der Waals surface area contributed by atoms with E-state index in [1.165, 1.54) is 13.2 Å². The molecule has 1 N–H and O–H groups in total. The van der Waals surface area contributed by atoms with Gasteiger partial charge in [0.1, 0.15) is 5.69 Å². The lowest BCUT2D eigenvalue weighted by Crippen LogP contribution is -2.41. The van der Waals surface area contributed by atoms with Gasteiger partial charge in [-0.2, -0.15) is 4.73 Å². The van der Waals surface area contributed by atoms with Gasteiger partial charge in [0.25, 0.3) is 0 Å². The van der Waals surface area contributed by atoms with E-state index in [2.05, 4.69) is 9.97 Å². The minimum atomic E-state index is -0.675. The summed E-state index contributed by atoms with van der Waals surface area (Å²) in [7, 11) is 1.30. The van der Waals surface area contributed by atoms with Crippen molar-refractivity contribution >= 4 is 11.2 Å². The Hall–Kier alpha value is -2.96. The van der Waals surface area contributed by atoms with Gasteiger partial charge < -0.3 is 5.21 Å². The standard InChI is InChI=1S/C13H10N4O3/c1-16-12(18)10-11(15-13(16)19)14-9(7-17(10)20)8-5-3-2-4-6-8/h2-7H,1H3,(H,14,15,19). The van der Waals surface area contributed by atoms with Gasteiger partial charge in [0.2, 0.25) is 11.8 Å². The number of nitrogens with one attached hydrogen (secondary N) is 1. The van der Waals surface area contributed by atoms with E-state index in [0.717, 1.165) is 10.1 Å². The number of nitrogens with zero attached hydrogens (tertiary/aromatic N) is 3. The number of aromatic nitrogens is 4. The van der Waals surface area contributed by atoms with E-state index in [1.54, 1.807) is 12.1 Å². The average Bonchev–Trinajstić information content (AvgIpc) is 2.45. The van der Waals surface area contributed by atoms with Crippen molar-refractivity contribution in [3.05, 3.63) is 62.6 Å². The molecular formula is C13H10N4O3. The van der Waals surface area contributed by atoms with Crippen molar-refractivity contribution in [1.82, 2.24) is 14.5 Å². The van der Waals surface area contributed by atoms with Gasteiger partial charge in [0.15, 0.2) is 0 Å². The number of aromatic amines is 1. The van der Waals surface area contributed by atoms with Gasteiger partial charge in [-0.25, -0.2) is 9.78 Å². The lowest BCUT2D eigenvalue weighted by atomic mass is 10.2. The SMILES string of the molecule is Cn1c(=O)[nH]c2nc(-c3ccccc3)c[n+]([O-])c2c1=O. The quantitative estimate of drug-likeness (QED) is 0.494. The molecule has 7 heteroatoms. The first-order chi connectivity index (χ1) is 9.58. The van der Waals surface area contributed by atoms with Crippen molar-refractivity contribution in [2.45, 2.75) is 0 Å². The summed E-state index contributed by atoms with van der Waals surface area (Å²) in [6, 6.07) is 9.03. The summed E-state index contributed by atoms with van der Waals surface area (Å²) in [6.45, 7) is 0. The molecule has 0 aliphatic carbocycles. The third-order valence-electron chi connectivity index (χ3n) is 3.02. The molecule has 0 atom stereocenters. The number of H-pyrrole nitrogens is 1. The average molecular weight is 270 g/mol. The number of benzene rings is 1. The third-order valence-corrected chi connectivity index (χ3v) is 3.02. The predicted octanol–water partition coefficient (Wildman–Crippen LogP) is -0.0778. The van der Waals surface area contributed by atoms with Gasteiger partial charge >= 0.3 is 16.8 Å². The molecule has 3 rings (SSSR count). The number of hydrogen-bond acceptors (Lipinski definition) is 4. The monoisotopic (exact) mass is 270 g/mol. The van der Waals surface area contributed by atoms with Crippen molar-refractivity contribution in [2.24, 2.45) is 7.05 Å². The van der Waals surface area contributed by atoms with Crippen LogP contribution in [0.25, 0.3) is 22.4 Å². The van der Waals surface area contributed by atoms with Crippen LogP contribution in [0, 0.1) is 5.21 Å². The first-order valence-electron chi connectivity index (χ1n) is 5.86. The number of fused-ring (bicyclic) bond motifs is 1. The molecule has 0 bridgehead atoms. The summed E-state index contributed by atoms with van der Waals surface area (Å²) in [5, 5.41) is 12.0. The number of rotatable bonds is 1. The fraction of sp³-hybridized carbons (Fsp3) is 0.0769. The van der Waals surface area contributed by atoms with Gasteiger partial charge in [-0.15, -0.1) is 0 Å². The Morgan fingerprint density at radius 3 is 2.65 bits per heavy atom. The molecule has 2 heterocycles. The summed E-state index contributed by atoms with van der Waals surface area (Å²) >= 11 is 0. The molecule has 0 unspecified atom stereocenters. The first-order valence-corrected chi connectivity index (χ1v) is 5.86. The topological polar surface area (TPSA) is 94.7 Å². The molecule has 0 amide bonds. The highest BCUT2D eigenvalue weighted by atomic mass is 16.5. The summed E-state index contributed by atoms with van der Waals surface area (Å²) in [6.07, 6.45) is 1.22. The van der Waals surface area contributed by atoms with Crippen LogP contribution < -0.4 is 16.0 Å². The lowest BCUT2D eigenvalue weighted by molar-refractivity contribution is -0.577. The van der Waals surface area contributed by atoms with E-state index in [4.69, 9.17) is 0 Å². The molecule has 0 spiro atoms. The van der Waals surface area contributed by atoms with Crippen LogP contribution in [-0.2, 0) is 7.05 Å². The normalized spacial score (nSPS) is 10.8. The smallest absolute Gasteiger partial charge is 0.331 e. The second-order valence-corrected chi connectivity index (χ2v) is 4.31. The largest absolute Gasteiger partial charge is 0.618 e. The van der Waals surface area contributed by atoms with Gasteiger partial charge in [0, 0.05) is 12.6 Å². The van der Waals surface area contributed by atoms with E-state index < -0.39 is 11.2 Å². The second-order valence-electron chi connectivity index (χ2n) is 4.31. The molecule has 2 aromatic heterocycles. The number of hydrogen-bond donors (Lipinski definition) is 1. The first kappa shape index (κ1) is 12.1. The van der Waals surface area contributed by atoms with E-state index in [1.807, 2.05) is 18.2 Å². The molecule has 3 aromatic rings. The van der Waals surface area contributed by atoms with Crippen molar-refractivity contribution in [3.8, 4) is 11.3 Å². The Morgan fingerprint density at radius 2 is 1.95 bits per heavy atom.